The Morgan fingerprint density at radius 1 is 1.33 bits per heavy atom. The van der Waals surface area contributed by atoms with Crippen LogP contribution in [0.5, 0.6) is 0 Å². The van der Waals surface area contributed by atoms with E-state index in [1.165, 1.54) is 16.7 Å². The maximum atomic E-state index is 11.1. The molecule has 1 atom stereocenters. The van der Waals surface area contributed by atoms with Gasteiger partial charge < -0.3 is 0 Å². The molecule has 0 spiro atoms. The Hall–Kier alpha value is -0.560. The van der Waals surface area contributed by atoms with Gasteiger partial charge in [0.15, 0.2) is 0 Å². The van der Waals surface area contributed by atoms with E-state index < -0.39 is 9.84 Å². The molecule has 3 N–H and O–H groups in total. The third-order valence-electron chi connectivity index (χ3n) is 2.54. The third-order valence-corrected chi connectivity index (χ3v) is 4.70. The van der Waals surface area contributed by atoms with E-state index in [9.17, 15) is 8.42 Å². The molecule has 0 amide bonds. The first-order valence-electron chi connectivity index (χ1n) is 5.74. The summed E-state index contributed by atoms with van der Waals surface area (Å²) in [5.41, 5.74) is 3.90. The van der Waals surface area contributed by atoms with Gasteiger partial charge in [0.25, 0.3) is 0 Å². The maximum Gasteiger partial charge on any atom is 0.147 e. The Kier molecular flexibility index (Phi) is 6.14. The van der Waals surface area contributed by atoms with Crippen molar-refractivity contribution in [2.45, 2.75) is 24.3 Å². The molecule has 1 unspecified atom stereocenters. The fourth-order valence-corrected chi connectivity index (χ4v) is 3.10. The third kappa shape index (κ3) is 6.39. The molecule has 0 aliphatic rings. The Morgan fingerprint density at radius 3 is 2.44 bits per heavy atom. The lowest BCUT2D eigenvalue weighted by atomic mass is 10.2. The summed E-state index contributed by atoms with van der Waals surface area (Å²) in [5, 5.41) is 0. The SMILES string of the molecule is Cc1ccc(SCC(CCS(C)(=O)=O)NN)cc1. The van der Waals surface area contributed by atoms with Crippen molar-refractivity contribution < 1.29 is 8.42 Å². The molecule has 6 heteroatoms. The number of rotatable bonds is 7. The fourth-order valence-electron chi connectivity index (χ4n) is 1.40. The van der Waals surface area contributed by atoms with Crippen molar-refractivity contribution in [2.75, 3.05) is 17.8 Å². The molecule has 0 aliphatic carbocycles. The molecule has 1 rings (SSSR count). The molecule has 0 saturated heterocycles. The Morgan fingerprint density at radius 2 is 1.94 bits per heavy atom. The minimum atomic E-state index is -2.92. The van der Waals surface area contributed by atoms with Crippen LogP contribution in [0, 0.1) is 6.92 Å². The van der Waals surface area contributed by atoms with Crippen LogP contribution < -0.4 is 11.3 Å². The van der Waals surface area contributed by atoms with Crippen molar-refractivity contribution in [3.8, 4) is 0 Å². The van der Waals surface area contributed by atoms with E-state index in [1.54, 1.807) is 11.8 Å². The van der Waals surface area contributed by atoms with Crippen LogP contribution in [-0.2, 0) is 9.84 Å². The molecule has 0 aromatic heterocycles. The Balaban J connectivity index is 2.42. The highest BCUT2D eigenvalue weighted by Gasteiger charge is 2.11. The van der Waals surface area contributed by atoms with Gasteiger partial charge in [0, 0.05) is 22.9 Å². The van der Waals surface area contributed by atoms with Crippen LogP contribution in [-0.4, -0.2) is 32.2 Å². The number of benzene rings is 1. The van der Waals surface area contributed by atoms with Gasteiger partial charge in [-0.15, -0.1) is 11.8 Å². The molecule has 0 heterocycles. The number of sulfone groups is 1. The molecule has 0 fully saturated rings. The number of nitrogens with one attached hydrogen (secondary N) is 1. The molecule has 0 radical (unpaired) electrons. The average Bonchev–Trinajstić information content (AvgIpc) is 2.30. The van der Waals surface area contributed by atoms with Crippen LogP contribution in [0.1, 0.15) is 12.0 Å². The van der Waals surface area contributed by atoms with E-state index in [4.69, 9.17) is 5.84 Å². The maximum absolute atomic E-state index is 11.1. The van der Waals surface area contributed by atoms with E-state index in [1.807, 2.05) is 6.92 Å². The first-order valence-corrected chi connectivity index (χ1v) is 8.78. The van der Waals surface area contributed by atoms with Crippen molar-refractivity contribution in [3.63, 3.8) is 0 Å². The highest BCUT2D eigenvalue weighted by atomic mass is 32.2. The number of hydrogen-bond donors (Lipinski definition) is 2. The van der Waals surface area contributed by atoms with Gasteiger partial charge >= 0.3 is 0 Å². The topological polar surface area (TPSA) is 72.2 Å². The number of hydrazine groups is 1. The van der Waals surface area contributed by atoms with Gasteiger partial charge in [-0.3, -0.25) is 11.3 Å². The van der Waals surface area contributed by atoms with Gasteiger partial charge in [0.2, 0.25) is 0 Å². The number of hydrogen-bond acceptors (Lipinski definition) is 5. The second-order valence-corrected chi connectivity index (χ2v) is 7.76. The first kappa shape index (κ1) is 15.5. The molecule has 0 bridgehead atoms. The monoisotopic (exact) mass is 288 g/mol. The molecular formula is C12H20N2O2S2. The molecule has 4 nitrogen and oxygen atoms in total. The van der Waals surface area contributed by atoms with Crippen molar-refractivity contribution in [1.29, 1.82) is 0 Å². The first-order chi connectivity index (χ1) is 8.40. The lowest BCUT2D eigenvalue weighted by molar-refractivity contribution is 0.550. The number of thioether (sulfide) groups is 1. The van der Waals surface area contributed by atoms with E-state index in [0.717, 1.165) is 5.75 Å². The van der Waals surface area contributed by atoms with E-state index in [-0.39, 0.29) is 11.8 Å². The summed E-state index contributed by atoms with van der Waals surface area (Å²) >= 11 is 1.68. The average molecular weight is 288 g/mol. The van der Waals surface area contributed by atoms with Gasteiger partial charge in [-0.05, 0) is 25.5 Å². The minimum absolute atomic E-state index is 0.00558. The predicted molar refractivity (Wildman–Crippen MR) is 77.3 cm³/mol. The van der Waals surface area contributed by atoms with Crippen LogP contribution in [0.4, 0.5) is 0 Å². The van der Waals surface area contributed by atoms with Crippen molar-refractivity contribution >= 4 is 21.6 Å². The van der Waals surface area contributed by atoms with Gasteiger partial charge in [0.1, 0.15) is 9.84 Å². The van der Waals surface area contributed by atoms with Crippen LogP contribution >= 0.6 is 11.8 Å². The molecule has 0 aliphatic heterocycles. The van der Waals surface area contributed by atoms with Crippen molar-refractivity contribution in [1.82, 2.24) is 5.43 Å². The normalized spacial score (nSPS) is 13.5. The molecule has 1 aromatic rings. The van der Waals surface area contributed by atoms with Crippen LogP contribution in [0.15, 0.2) is 29.2 Å². The van der Waals surface area contributed by atoms with Crippen LogP contribution in [0.2, 0.25) is 0 Å². The zero-order chi connectivity index (χ0) is 13.6. The Labute approximate surface area is 113 Å². The quantitative estimate of drug-likeness (QED) is 0.450. The Bertz CT molecular complexity index is 457. The highest BCUT2D eigenvalue weighted by molar-refractivity contribution is 7.99. The van der Waals surface area contributed by atoms with E-state index in [0.29, 0.717) is 6.42 Å². The molecule has 18 heavy (non-hydrogen) atoms. The van der Waals surface area contributed by atoms with E-state index in [2.05, 4.69) is 29.7 Å². The summed E-state index contributed by atoms with van der Waals surface area (Å²) in [7, 11) is -2.92. The van der Waals surface area contributed by atoms with Gasteiger partial charge in [-0.25, -0.2) is 8.42 Å². The second-order valence-electron chi connectivity index (χ2n) is 4.41. The van der Waals surface area contributed by atoms with E-state index >= 15 is 0 Å². The molecular weight excluding hydrogens is 268 g/mol. The summed E-state index contributed by atoms with van der Waals surface area (Å²) in [5.74, 6) is 6.35. The zero-order valence-corrected chi connectivity index (χ0v) is 12.4. The van der Waals surface area contributed by atoms with Crippen molar-refractivity contribution in [2.24, 2.45) is 5.84 Å². The summed E-state index contributed by atoms with van der Waals surface area (Å²) in [4.78, 5) is 1.17. The van der Waals surface area contributed by atoms with Crippen LogP contribution in [0.25, 0.3) is 0 Å². The molecule has 102 valence electrons. The zero-order valence-electron chi connectivity index (χ0n) is 10.7. The van der Waals surface area contributed by atoms with Gasteiger partial charge in [-0.2, -0.15) is 0 Å². The lowest BCUT2D eigenvalue weighted by Gasteiger charge is -2.14. The van der Waals surface area contributed by atoms with Crippen LogP contribution in [0.3, 0.4) is 0 Å². The smallest absolute Gasteiger partial charge is 0.147 e. The largest absolute Gasteiger partial charge is 0.271 e. The number of nitrogens with two attached hydrogens (primary N) is 1. The lowest BCUT2D eigenvalue weighted by Crippen LogP contribution is -2.38. The summed E-state index contributed by atoms with van der Waals surface area (Å²) in [6, 6.07) is 8.24. The summed E-state index contributed by atoms with van der Waals surface area (Å²) in [6.45, 7) is 2.05. The van der Waals surface area contributed by atoms with Gasteiger partial charge in [0.05, 0.1) is 5.75 Å². The summed E-state index contributed by atoms with van der Waals surface area (Å²) < 4.78 is 22.2. The predicted octanol–water partition coefficient (Wildman–Crippen LogP) is 1.35. The minimum Gasteiger partial charge on any atom is -0.271 e. The standard InChI is InChI=1S/C12H20N2O2S2/c1-10-3-5-12(6-4-10)17-9-11(14-13)7-8-18(2,15)16/h3-6,11,14H,7-9,13H2,1-2H3. The molecule has 1 aromatic carbocycles. The van der Waals surface area contributed by atoms with Crippen molar-refractivity contribution in [3.05, 3.63) is 29.8 Å². The molecule has 0 saturated carbocycles. The fraction of sp³-hybridized carbons (Fsp3) is 0.500. The summed E-state index contributed by atoms with van der Waals surface area (Å²) in [6.07, 6.45) is 1.78. The second kappa shape index (κ2) is 7.13. The highest BCUT2D eigenvalue weighted by Crippen LogP contribution is 2.19. The van der Waals surface area contributed by atoms with Gasteiger partial charge in [-0.1, -0.05) is 17.7 Å². The number of aryl methyl sites for hydroxylation is 1.